The molecule has 1 fully saturated rings. The first-order chi connectivity index (χ1) is 16.9. The second-order valence-corrected chi connectivity index (χ2v) is 9.70. The number of hydrogen-bond donors (Lipinski definition) is 1. The molecule has 2 aromatic heterocycles. The second kappa shape index (κ2) is 9.53. The van der Waals surface area contributed by atoms with Gasteiger partial charge in [0.05, 0.1) is 6.54 Å². The quantitative estimate of drug-likeness (QED) is 0.433. The molecule has 4 aromatic rings. The number of urea groups is 1. The van der Waals surface area contributed by atoms with Crippen molar-refractivity contribution in [3.63, 3.8) is 0 Å². The molecule has 182 valence electrons. The van der Waals surface area contributed by atoms with Crippen LogP contribution in [0.5, 0.6) is 0 Å². The number of amides is 2. The largest absolute Gasteiger partial charge is 0.415 e. The number of aromatic amines is 1. The number of aromatic nitrogens is 3. The highest BCUT2D eigenvalue weighted by Gasteiger charge is 2.27. The number of nitrogens with one attached hydrogen (secondary N) is 1. The SMILES string of the molecule is O=C(N1CCS(=O)CC1)N(Cc1ccc(-c2nnc(C(F)F)o2)cc1F)c1ccc2[nH]ccc2c1. The van der Waals surface area contributed by atoms with E-state index in [9.17, 15) is 17.8 Å². The number of H-pyrrole nitrogens is 1. The van der Waals surface area contributed by atoms with Crippen molar-refractivity contribution in [1.82, 2.24) is 20.1 Å². The summed E-state index contributed by atoms with van der Waals surface area (Å²) in [5.74, 6) is -0.935. The van der Waals surface area contributed by atoms with Crippen LogP contribution in [0.1, 0.15) is 17.9 Å². The molecule has 8 nitrogen and oxygen atoms in total. The van der Waals surface area contributed by atoms with Crippen molar-refractivity contribution in [2.45, 2.75) is 13.0 Å². The van der Waals surface area contributed by atoms with E-state index >= 15 is 4.39 Å². The summed E-state index contributed by atoms with van der Waals surface area (Å²) in [5.41, 5.74) is 1.84. The van der Waals surface area contributed by atoms with Crippen molar-refractivity contribution in [3.05, 3.63) is 65.9 Å². The number of halogens is 3. The Morgan fingerprint density at radius 3 is 2.66 bits per heavy atom. The fourth-order valence-electron chi connectivity index (χ4n) is 3.90. The lowest BCUT2D eigenvalue weighted by atomic mass is 10.1. The van der Waals surface area contributed by atoms with Gasteiger partial charge in [-0.1, -0.05) is 6.07 Å². The number of rotatable bonds is 5. The molecule has 0 spiro atoms. The van der Waals surface area contributed by atoms with Crippen molar-refractivity contribution >= 4 is 33.4 Å². The van der Waals surface area contributed by atoms with Crippen LogP contribution in [0.25, 0.3) is 22.4 Å². The van der Waals surface area contributed by atoms with E-state index in [-0.39, 0.29) is 29.6 Å². The van der Waals surface area contributed by atoms with E-state index in [1.807, 2.05) is 18.2 Å². The maximum atomic E-state index is 15.1. The molecule has 0 atom stereocenters. The minimum Gasteiger partial charge on any atom is -0.415 e. The van der Waals surface area contributed by atoms with Gasteiger partial charge in [-0.2, -0.15) is 8.78 Å². The highest BCUT2D eigenvalue weighted by atomic mass is 32.2. The Kier molecular flexibility index (Phi) is 6.29. The van der Waals surface area contributed by atoms with Gasteiger partial charge in [-0.25, -0.2) is 9.18 Å². The molecule has 1 aliphatic rings. The van der Waals surface area contributed by atoms with Gasteiger partial charge in [0.15, 0.2) is 0 Å². The van der Waals surface area contributed by atoms with E-state index in [4.69, 9.17) is 4.42 Å². The van der Waals surface area contributed by atoms with Crippen LogP contribution in [0.4, 0.5) is 23.7 Å². The molecule has 1 aliphatic heterocycles. The van der Waals surface area contributed by atoms with E-state index in [1.54, 1.807) is 17.2 Å². The normalized spacial score (nSPS) is 14.7. The first-order valence-electron chi connectivity index (χ1n) is 10.8. The molecule has 1 N–H and O–H groups in total. The van der Waals surface area contributed by atoms with Crippen LogP contribution in [0, 0.1) is 5.82 Å². The maximum Gasteiger partial charge on any atom is 0.324 e. The molecule has 1 saturated heterocycles. The molecule has 0 saturated carbocycles. The van der Waals surface area contributed by atoms with Crippen molar-refractivity contribution < 1.29 is 26.6 Å². The zero-order valence-corrected chi connectivity index (χ0v) is 19.1. The number of anilines is 1. The van der Waals surface area contributed by atoms with Crippen LogP contribution in [-0.2, 0) is 17.3 Å². The molecule has 0 bridgehead atoms. The third kappa shape index (κ3) is 4.78. The first kappa shape index (κ1) is 23.1. The summed E-state index contributed by atoms with van der Waals surface area (Å²) in [6, 6.07) is 11.0. The highest BCUT2D eigenvalue weighted by Crippen LogP contribution is 2.28. The standard InChI is InChI=1S/C23H20F3N5O3S/c24-18-12-15(21-28-29-22(34-21)20(25)26)1-2-16(18)13-31(23(32)30-7-9-35(33)10-8-30)17-3-4-19-14(11-17)5-6-27-19/h1-6,11-12,20,27H,7-10,13H2. The molecule has 0 unspecified atom stereocenters. The average molecular weight is 504 g/mol. The maximum absolute atomic E-state index is 15.1. The Morgan fingerprint density at radius 1 is 1.14 bits per heavy atom. The topological polar surface area (TPSA) is 95.3 Å². The van der Waals surface area contributed by atoms with E-state index in [0.29, 0.717) is 30.3 Å². The van der Waals surface area contributed by atoms with Gasteiger partial charge in [0.25, 0.3) is 5.89 Å². The Morgan fingerprint density at radius 2 is 1.94 bits per heavy atom. The van der Waals surface area contributed by atoms with Crippen molar-refractivity contribution in [1.29, 1.82) is 0 Å². The molecular weight excluding hydrogens is 483 g/mol. The summed E-state index contributed by atoms with van der Waals surface area (Å²) < 4.78 is 57.2. The summed E-state index contributed by atoms with van der Waals surface area (Å²) in [7, 11) is -0.956. The second-order valence-electron chi connectivity index (χ2n) is 8.01. The molecule has 35 heavy (non-hydrogen) atoms. The number of nitrogens with zero attached hydrogens (tertiary/aromatic N) is 4. The zero-order chi connectivity index (χ0) is 24.5. The molecule has 2 aromatic carbocycles. The van der Waals surface area contributed by atoms with Crippen molar-refractivity contribution in [3.8, 4) is 11.5 Å². The summed E-state index contributed by atoms with van der Waals surface area (Å²) in [4.78, 5) is 19.6. The van der Waals surface area contributed by atoms with Gasteiger partial charge in [-0.15, -0.1) is 10.2 Å². The smallest absolute Gasteiger partial charge is 0.324 e. The molecular formula is C23H20F3N5O3S. The predicted octanol–water partition coefficient (Wildman–Crippen LogP) is 4.49. The monoisotopic (exact) mass is 503 g/mol. The summed E-state index contributed by atoms with van der Waals surface area (Å²) >= 11 is 0. The lowest BCUT2D eigenvalue weighted by molar-refractivity contribution is 0.116. The molecule has 5 rings (SSSR count). The number of alkyl halides is 2. The number of hydrogen-bond acceptors (Lipinski definition) is 5. The van der Waals surface area contributed by atoms with E-state index < -0.39 is 28.9 Å². The van der Waals surface area contributed by atoms with Crippen molar-refractivity contribution in [2.24, 2.45) is 0 Å². The molecule has 2 amide bonds. The number of carbonyl (C=O) groups is 1. The van der Waals surface area contributed by atoms with Crippen LogP contribution in [-0.4, -0.2) is 54.9 Å². The summed E-state index contributed by atoms with van der Waals surface area (Å²) in [6.45, 7) is 0.616. The van der Waals surface area contributed by atoms with Gasteiger partial charge < -0.3 is 14.3 Å². The van der Waals surface area contributed by atoms with E-state index in [0.717, 1.165) is 17.0 Å². The molecule has 0 radical (unpaired) electrons. The fourth-order valence-corrected chi connectivity index (χ4v) is 4.95. The Bertz CT molecular complexity index is 1400. The van der Waals surface area contributed by atoms with E-state index in [1.165, 1.54) is 17.0 Å². The molecule has 0 aliphatic carbocycles. The summed E-state index contributed by atoms with van der Waals surface area (Å²) in [5, 5.41) is 7.70. The Hall–Kier alpha value is -3.67. The van der Waals surface area contributed by atoms with Gasteiger partial charge in [0, 0.05) is 69.3 Å². The third-order valence-corrected chi connectivity index (χ3v) is 7.06. The highest BCUT2D eigenvalue weighted by molar-refractivity contribution is 7.85. The molecule has 12 heteroatoms. The lowest BCUT2D eigenvalue weighted by Gasteiger charge is -2.33. The van der Waals surface area contributed by atoms with Gasteiger partial charge >= 0.3 is 12.5 Å². The van der Waals surface area contributed by atoms with Crippen LogP contribution < -0.4 is 4.90 Å². The van der Waals surface area contributed by atoms with Gasteiger partial charge in [0.2, 0.25) is 5.89 Å². The number of fused-ring (bicyclic) bond motifs is 1. The Labute approximate surface area is 200 Å². The fraction of sp³-hybridized carbons (Fsp3) is 0.261. The van der Waals surface area contributed by atoms with Crippen LogP contribution >= 0.6 is 0 Å². The lowest BCUT2D eigenvalue weighted by Crippen LogP contribution is -2.48. The summed E-state index contributed by atoms with van der Waals surface area (Å²) in [6.07, 6.45) is -1.14. The first-order valence-corrected chi connectivity index (χ1v) is 12.3. The minimum absolute atomic E-state index is 0.0768. The third-order valence-electron chi connectivity index (χ3n) is 5.78. The van der Waals surface area contributed by atoms with Crippen LogP contribution in [0.2, 0.25) is 0 Å². The van der Waals surface area contributed by atoms with Crippen molar-refractivity contribution in [2.75, 3.05) is 29.5 Å². The number of benzene rings is 2. The van der Waals surface area contributed by atoms with Gasteiger partial charge in [-0.05, 0) is 36.4 Å². The van der Waals surface area contributed by atoms with E-state index in [2.05, 4.69) is 15.2 Å². The average Bonchev–Trinajstić information content (AvgIpc) is 3.53. The van der Waals surface area contributed by atoms with Gasteiger partial charge in [0.1, 0.15) is 5.82 Å². The van der Waals surface area contributed by atoms with Crippen LogP contribution in [0.3, 0.4) is 0 Å². The zero-order valence-electron chi connectivity index (χ0n) is 18.3. The Balaban J connectivity index is 1.45. The van der Waals surface area contributed by atoms with Gasteiger partial charge in [-0.3, -0.25) is 9.11 Å². The number of carbonyl (C=O) groups excluding carboxylic acids is 1. The minimum atomic E-state index is -2.93. The molecule has 3 heterocycles. The van der Waals surface area contributed by atoms with Crippen LogP contribution in [0.15, 0.2) is 53.1 Å². The predicted molar refractivity (Wildman–Crippen MR) is 124 cm³/mol.